The van der Waals surface area contributed by atoms with Gasteiger partial charge in [0.2, 0.25) is 11.8 Å². The monoisotopic (exact) mass is 542 g/mol. The van der Waals surface area contributed by atoms with Crippen molar-refractivity contribution in [3.63, 3.8) is 0 Å². The molecule has 0 radical (unpaired) electrons. The Morgan fingerprint density at radius 2 is 1.73 bits per heavy atom. The number of piperazine rings is 1. The van der Waals surface area contributed by atoms with Crippen molar-refractivity contribution in [2.24, 2.45) is 0 Å². The maximum absolute atomic E-state index is 13.3. The van der Waals surface area contributed by atoms with Crippen LogP contribution in [-0.2, 0) is 22.7 Å². The second-order valence-corrected chi connectivity index (χ2v) is 10.4. The molecule has 3 aliphatic heterocycles. The average molecular weight is 543 g/mol. The van der Waals surface area contributed by atoms with Gasteiger partial charge in [-0.25, -0.2) is 0 Å². The lowest BCUT2D eigenvalue weighted by atomic mass is 10.0. The van der Waals surface area contributed by atoms with Gasteiger partial charge in [-0.15, -0.1) is 0 Å². The number of imide groups is 2. The van der Waals surface area contributed by atoms with Crippen LogP contribution in [0.1, 0.15) is 50.4 Å². The maximum Gasteiger partial charge on any atom is 0.264 e. The first-order valence-corrected chi connectivity index (χ1v) is 13.4. The Balaban J connectivity index is 1.06. The Morgan fingerprint density at radius 3 is 2.42 bits per heavy atom. The number of aryl methyl sites for hydroxylation is 1. The lowest BCUT2D eigenvalue weighted by molar-refractivity contribution is -0.136. The molecule has 0 bridgehead atoms. The van der Waals surface area contributed by atoms with E-state index in [0.717, 1.165) is 54.8 Å². The molecule has 6 rings (SSSR count). The van der Waals surface area contributed by atoms with E-state index in [1.807, 2.05) is 13.0 Å². The number of nitrogens with zero attached hydrogens (tertiary/aromatic N) is 4. The van der Waals surface area contributed by atoms with Crippen LogP contribution in [0.25, 0.3) is 0 Å². The molecule has 1 unspecified atom stereocenters. The number of aromatic nitrogens is 1. The van der Waals surface area contributed by atoms with Gasteiger partial charge in [0.05, 0.1) is 11.1 Å². The predicted molar refractivity (Wildman–Crippen MR) is 146 cm³/mol. The molecule has 11 heteroatoms. The molecule has 2 aromatic carbocycles. The second-order valence-electron chi connectivity index (χ2n) is 10.4. The number of hydrogen-bond donors (Lipinski definition) is 2. The zero-order valence-corrected chi connectivity index (χ0v) is 22.2. The number of nitrogens with one attached hydrogen (secondary N) is 2. The number of piperidine rings is 1. The van der Waals surface area contributed by atoms with Gasteiger partial charge < -0.3 is 14.7 Å². The van der Waals surface area contributed by atoms with Crippen LogP contribution in [0.4, 0.5) is 11.5 Å². The van der Waals surface area contributed by atoms with E-state index in [2.05, 4.69) is 49.9 Å². The summed E-state index contributed by atoms with van der Waals surface area (Å²) in [5, 5.41) is 9.63. The molecule has 4 heterocycles. The van der Waals surface area contributed by atoms with Gasteiger partial charge in [0.1, 0.15) is 11.8 Å². The summed E-state index contributed by atoms with van der Waals surface area (Å²) in [6.45, 7) is 6.91. The summed E-state index contributed by atoms with van der Waals surface area (Å²) < 4.78 is 5.20. The van der Waals surface area contributed by atoms with Crippen LogP contribution < -0.4 is 15.5 Å². The van der Waals surface area contributed by atoms with Crippen molar-refractivity contribution >= 4 is 35.1 Å². The van der Waals surface area contributed by atoms with Crippen molar-refractivity contribution in [1.29, 1.82) is 0 Å². The van der Waals surface area contributed by atoms with Crippen molar-refractivity contribution in [2.75, 3.05) is 36.4 Å². The quantitative estimate of drug-likeness (QED) is 0.432. The molecule has 206 valence electrons. The van der Waals surface area contributed by atoms with E-state index in [9.17, 15) is 19.2 Å². The van der Waals surface area contributed by atoms with Gasteiger partial charge in [-0.05, 0) is 36.6 Å². The highest BCUT2D eigenvalue weighted by Gasteiger charge is 2.45. The van der Waals surface area contributed by atoms with E-state index in [-0.39, 0.29) is 24.0 Å². The van der Waals surface area contributed by atoms with Gasteiger partial charge in [-0.3, -0.25) is 34.3 Å². The van der Waals surface area contributed by atoms with E-state index < -0.39 is 29.7 Å². The Bertz CT molecular complexity index is 1470. The summed E-state index contributed by atoms with van der Waals surface area (Å²) in [4.78, 5) is 55.9. The van der Waals surface area contributed by atoms with E-state index in [0.29, 0.717) is 12.2 Å². The van der Waals surface area contributed by atoms with Gasteiger partial charge >= 0.3 is 0 Å². The Labute approximate surface area is 231 Å². The highest BCUT2D eigenvalue weighted by Crippen LogP contribution is 2.32. The van der Waals surface area contributed by atoms with Crippen molar-refractivity contribution in [3.8, 4) is 0 Å². The van der Waals surface area contributed by atoms with Crippen LogP contribution in [0.2, 0.25) is 0 Å². The minimum atomic E-state index is -0.986. The van der Waals surface area contributed by atoms with Gasteiger partial charge in [0.15, 0.2) is 5.82 Å². The molecule has 0 aliphatic carbocycles. The predicted octanol–water partition coefficient (Wildman–Crippen LogP) is 2.32. The minimum Gasteiger partial charge on any atom is -0.380 e. The molecule has 2 fully saturated rings. The summed E-state index contributed by atoms with van der Waals surface area (Å²) in [5.74, 6) is -0.337. The molecular weight excluding hydrogens is 512 g/mol. The molecule has 3 aromatic rings. The lowest BCUT2D eigenvalue weighted by Crippen LogP contribution is -2.54. The van der Waals surface area contributed by atoms with Crippen molar-refractivity contribution < 1.29 is 23.7 Å². The molecule has 1 atom stereocenters. The molecule has 1 aromatic heterocycles. The molecule has 0 saturated carbocycles. The lowest BCUT2D eigenvalue weighted by Gasteiger charge is -2.34. The summed E-state index contributed by atoms with van der Waals surface area (Å²) in [6, 6.07) is 14.4. The number of carbonyl (C=O) groups excluding carboxylic acids is 4. The Morgan fingerprint density at radius 1 is 0.975 bits per heavy atom. The van der Waals surface area contributed by atoms with Crippen molar-refractivity contribution in [2.45, 2.75) is 38.9 Å². The van der Waals surface area contributed by atoms with E-state index in [1.54, 1.807) is 18.2 Å². The zero-order chi connectivity index (χ0) is 27.8. The number of anilines is 2. The van der Waals surface area contributed by atoms with Crippen LogP contribution in [0.3, 0.4) is 0 Å². The van der Waals surface area contributed by atoms with Crippen LogP contribution in [0, 0.1) is 6.92 Å². The zero-order valence-electron chi connectivity index (χ0n) is 22.2. The van der Waals surface area contributed by atoms with Gasteiger partial charge in [0.25, 0.3) is 11.8 Å². The molecule has 4 amide bonds. The van der Waals surface area contributed by atoms with Crippen LogP contribution in [0.15, 0.2) is 53.1 Å². The van der Waals surface area contributed by atoms with E-state index in [4.69, 9.17) is 4.52 Å². The first-order valence-electron chi connectivity index (χ1n) is 13.4. The largest absolute Gasteiger partial charge is 0.380 e. The molecule has 40 heavy (non-hydrogen) atoms. The Kier molecular flexibility index (Phi) is 6.81. The third-order valence-corrected chi connectivity index (χ3v) is 7.69. The second kappa shape index (κ2) is 10.6. The standard InChI is InChI=1S/C29H30N6O5/c1-18-15-24(32-40-18)34-13-11-33(12-14-34)17-20-7-5-19(6-8-20)16-30-22-4-2-3-21-26(22)29(39)35(28(21)38)23-9-10-25(36)31-27(23)37/h2-8,15,23,30H,9-14,16-17H2,1H3,(H,31,36,37). The first kappa shape index (κ1) is 25.8. The van der Waals surface area contributed by atoms with E-state index in [1.165, 1.54) is 5.56 Å². The summed E-state index contributed by atoms with van der Waals surface area (Å²) in [6.07, 6.45) is 0.214. The number of benzene rings is 2. The molecule has 3 aliphatic rings. The fourth-order valence-corrected chi connectivity index (χ4v) is 5.52. The van der Waals surface area contributed by atoms with Crippen molar-refractivity contribution in [1.82, 2.24) is 20.3 Å². The summed E-state index contributed by atoms with van der Waals surface area (Å²) in [7, 11) is 0. The number of fused-ring (bicyclic) bond motifs is 1. The number of hydrogen-bond acceptors (Lipinski definition) is 9. The number of carbonyl (C=O) groups is 4. The fourth-order valence-electron chi connectivity index (χ4n) is 5.52. The average Bonchev–Trinajstić information content (AvgIpc) is 3.50. The highest BCUT2D eigenvalue weighted by atomic mass is 16.5. The fraction of sp³-hybridized carbons (Fsp3) is 0.345. The molecule has 0 spiro atoms. The highest BCUT2D eigenvalue weighted by molar-refractivity contribution is 6.25. The number of rotatable bonds is 7. The normalized spacial score (nSPS) is 19.7. The van der Waals surface area contributed by atoms with Crippen molar-refractivity contribution in [3.05, 3.63) is 76.5 Å². The first-order chi connectivity index (χ1) is 19.4. The summed E-state index contributed by atoms with van der Waals surface area (Å²) in [5.41, 5.74) is 3.31. The van der Waals surface area contributed by atoms with Gasteiger partial charge in [-0.1, -0.05) is 35.5 Å². The maximum atomic E-state index is 13.3. The van der Waals surface area contributed by atoms with Crippen LogP contribution >= 0.6 is 0 Å². The van der Waals surface area contributed by atoms with Crippen LogP contribution in [0.5, 0.6) is 0 Å². The Hall–Kier alpha value is -4.51. The minimum absolute atomic E-state index is 0.0869. The summed E-state index contributed by atoms with van der Waals surface area (Å²) >= 11 is 0. The van der Waals surface area contributed by atoms with Crippen LogP contribution in [-0.4, -0.2) is 70.8 Å². The third kappa shape index (κ3) is 4.95. The molecule has 2 saturated heterocycles. The topological polar surface area (TPSA) is 128 Å². The SMILES string of the molecule is Cc1cc(N2CCN(Cc3ccc(CNc4cccc5c4C(=O)N(C4CCC(=O)NC4=O)C5=O)cc3)CC2)no1. The van der Waals surface area contributed by atoms with E-state index >= 15 is 0 Å². The number of amides is 4. The van der Waals surface area contributed by atoms with Gasteiger partial charge in [-0.2, -0.15) is 0 Å². The molecular formula is C29H30N6O5. The van der Waals surface area contributed by atoms with Gasteiger partial charge in [0, 0.05) is 57.4 Å². The molecule has 11 nitrogen and oxygen atoms in total. The third-order valence-electron chi connectivity index (χ3n) is 7.69. The smallest absolute Gasteiger partial charge is 0.264 e. The molecule has 2 N–H and O–H groups in total.